The minimum Gasteiger partial charge on any atom is -0.379 e. The summed E-state index contributed by atoms with van der Waals surface area (Å²) in [7, 11) is 0. The highest BCUT2D eigenvalue weighted by Gasteiger charge is 2.69. The molecular weight excluding hydrogens is 546 g/mol. The van der Waals surface area contributed by atoms with Gasteiger partial charge in [0.1, 0.15) is 0 Å². The van der Waals surface area contributed by atoms with Crippen LogP contribution in [-0.4, -0.2) is 48.5 Å². The molecule has 2 unspecified atom stereocenters. The number of alkyl halides is 6. The van der Waals surface area contributed by atoms with Crippen LogP contribution in [0.25, 0.3) is 0 Å². The standard InChI is InChI=1S/C32H48F6O3/c1-20(6-4-14-30(39,31(33,34)35)32(36,37)38)25-10-11-26-24-9-8-21-18-22(41-23-7-5-17-40-19-23)12-15-28(21,2)27(24)13-16-29(25,26)3/h8,20,22-27,39H,4-7,9-19H2,1-3H3/t20-,22?,23?,24+,25-,26+,27+,28+,29-/m1/s1. The lowest BCUT2D eigenvalue weighted by Crippen LogP contribution is -2.56. The van der Waals surface area contributed by atoms with Gasteiger partial charge in [0, 0.05) is 6.61 Å². The first kappa shape index (κ1) is 31.6. The number of fused-ring (bicyclic) bond motifs is 5. The molecule has 1 heterocycles. The summed E-state index contributed by atoms with van der Waals surface area (Å²) < 4.78 is 91.0. The number of aliphatic hydroxyl groups is 1. The van der Waals surface area contributed by atoms with Crippen LogP contribution >= 0.6 is 0 Å². The van der Waals surface area contributed by atoms with Crippen molar-refractivity contribution in [1.29, 1.82) is 0 Å². The molecule has 5 aliphatic rings. The van der Waals surface area contributed by atoms with Gasteiger partial charge in [0.25, 0.3) is 5.60 Å². The fraction of sp³-hybridized carbons (Fsp3) is 0.938. The number of rotatable bonds is 7. The molecule has 0 radical (unpaired) electrons. The summed E-state index contributed by atoms with van der Waals surface area (Å²) in [5.41, 5.74) is -2.86. The Bertz CT molecular complexity index is 942. The van der Waals surface area contributed by atoms with Crippen molar-refractivity contribution < 1.29 is 40.9 Å². The van der Waals surface area contributed by atoms with Crippen LogP contribution < -0.4 is 0 Å². The molecule has 0 spiro atoms. The molecule has 4 aliphatic carbocycles. The van der Waals surface area contributed by atoms with E-state index < -0.39 is 24.4 Å². The average Bonchev–Trinajstić information content (AvgIpc) is 3.25. The van der Waals surface area contributed by atoms with Crippen LogP contribution in [0, 0.1) is 40.4 Å². The average molecular weight is 595 g/mol. The first-order chi connectivity index (χ1) is 19.1. The van der Waals surface area contributed by atoms with E-state index in [4.69, 9.17) is 9.47 Å². The van der Waals surface area contributed by atoms with Gasteiger partial charge in [-0.2, -0.15) is 26.3 Å². The van der Waals surface area contributed by atoms with Crippen molar-refractivity contribution in [2.24, 2.45) is 40.4 Å². The zero-order valence-corrected chi connectivity index (χ0v) is 24.8. The van der Waals surface area contributed by atoms with E-state index in [1.807, 2.05) is 6.92 Å². The molecule has 9 atom stereocenters. The summed E-state index contributed by atoms with van der Waals surface area (Å²) in [5.74, 6) is 2.00. The molecule has 41 heavy (non-hydrogen) atoms. The Kier molecular flexibility index (Phi) is 8.70. The smallest absolute Gasteiger partial charge is 0.379 e. The molecule has 0 aromatic heterocycles. The van der Waals surface area contributed by atoms with Gasteiger partial charge in [0.05, 0.1) is 18.8 Å². The maximum absolute atomic E-state index is 13.2. The summed E-state index contributed by atoms with van der Waals surface area (Å²) >= 11 is 0. The Balaban J connectivity index is 1.22. The Morgan fingerprint density at radius 1 is 0.976 bits per heavy atom. The SMILES string of the molecule is C[C@H](CCCC(O)(C(F)(F)F)C(F)(F)F)[C@H]1CC[C@H]2[C@@H]3CC=C4CC(OC5CCCOC5)CC[C@]4(C)[C@H]3CC[C@]12C. The van der Waals surface area contributed by atoms with Crippen molar-refractivity contribution in [2.45, 2.75) is 134 Å². The number of hydrogen-bond acceptors (Lipinski definition) is 3. The predicted octanol–water partition coefficient (Wildman–Crippen LogP) is 8.79. The summed E-state index contributed by atoms with van der Waals surface area (Å²) in [6.45, 7) is 8.31. The Morgan fingerprint density at radius 3 is 2.37 bits per heavy atom. The largest absolute Gasteiger partial charge is 0.426 e. The van der Waals surface area contributed by atoms with Crippen LogP contribution in [-0.2, 0) is 9.47 Å². The van der Waals surface area contributed by atoms with Gasteiger partial charge < -0.3 is 14.6 Å². The van der Waals surface area contributed by atoms with Crippen molar-refractivity contribution in [3.05, 3.63) is 11.6 Å². The second kappa shape index (κ2) is 11.3. The fourth-order valence-corrected chi connectivity index (χ4v) is 10.1. The molecule has 1 N–H and O–H groups in total. The monoisotopic (exact) mass is 594 g/mol. The van der Waals surface area contributed by atoms with E-state index in [1.54, 1.807) is 5.57 Å². The molecule has 1 aliphatic heterocycles. The second-order valence-electron chi connectivity index (χ2n) is 14.6. The van der Waals surface area contributed by atoms with Crippen molar-refractivity contribution >= 4 is 0 Å². The van der Waals surface area contributed by atoms with Gasteiger partial charge in [-0.05, 0) is 117 Å². The predicted molar refractivity (Wildman–Crippen MR) is 144 cm³/mol. The molecule has 0 bridgehead atoms. The minimum atomic E-state index is -5.74. The molecule has 3 nitrogen and oxygen atoms in total. The Labute approximate surface area is 240 Å². The van der Waals surface area contributed by atoms with Gasteiger partial charge in [0.15, 0.2) is 0 Å². The van der Waals surface area contributed by atoms with E-state index in [-0.39, 0.29) is 47.7 Å². The van der Waals surface area contributed by atoms with Crippen LogP contribution in [0.4, 0.5) is 26.3 Å². The lowest BCUT2D eigenvalue weighted by Gasteiger charge is -2.58. The van der Waals surface area contributed by atoms with Crippen LogP contribution in [0.2, 0.25) is 0 Å². The van der Waals surface area contributed by atoms with Crippen LogP contribution in [0.15, 0.2) is 11.6 Å². The van der Waals surface area contributed by atoms with Crippen molar-refractivity contribution in [2.75, 3.05) is 13.2 Å². The first-order valence-corrected chi connectivity index (χ1v) is 15.9. The van der Waals surface area contributed by atoms with E-state index in [9.17, 15) is 31.4 Å². The Morgan fingerprint density at radius 2 is 1.71 bits per heavy atom. The van der Waals surface area contributed by atoms with E-state index in [2.05, 4.69) is 19.9 Å². The maximum atomic E-state index is 13.2. The maximum Gasteiger partial charge on any atom is 0.426 e. The van der Waals surface area contributed by atoms with Gasteiger partial charge in [-0.3, -0.25) is 0 Å². The van der Waals surface area contributed by atoms with Gasteiger partial charge in [-0.15, -0.1) is 0 Å². The third-order valence-corrected chi connectivity index (χ3v) is 12.5. The summed E-state index contributed by atoms with van der Waals surface area (Å²) in [5, 5.41) is 9.58. The number of hydrogen-bond donors (Lipinski definition) is 1. The van der Waals surface area contributed by atoms with Crippen molar-refractivity contribution in [1.82, 2.24) is 0 Å². The van der Waals surface area contributed by atoms with E-state index in [0.29, 0.717) is 24.4 Å². The zero-order valence-electron chi connectivity index (χ0n) is 24.8. The van der Waals surface area contributed by atoms with Gasteiger partial charge in [-0.1, -0.05) is 38.8 Å². The number of halogens is 6. The van der Waals surface area contributed by atoms with Gasteiger partial charge in [0.2, 0.25) is 0 Å². The Hall–Kier alpha value is -0.800. The fourth-order valence-electron chi connectivity index (χ4n) is 10.1. The minimum absolute atomic E-state index is 0.00824. The third kappa shape index (κ3) is 5.63. The zero-order chi connectivity index (χ0) is 29.8. The molecule has 9 heteroatoms. The number of ether oxygens (including phenoxy) is 2. The third-order valence-electron chi connectivity index (χ3n) is 12.5. The van der Waals surface area contributed by atoms with Crippen molar-refractivity contribution in [3.8, 4) is 0 Å². The van der Waals surface area contributed by atoms with Crippen LogP contribution in [0.3, 0.4) is 0 Å². The normalized spacial score (nSPS) is 40.8. The molecule has 5 rings (SSSR count). The number of allylic oxidation sites excluding steroid dienone is 1. The molecule has 0 aromatic rings. The van der Waals surface area contributed by atoms with E-state index in [0.717, 1.165) is 70.8 Å². The van der Waals surface area contributed by atoms with Crippen LogP contribution in [0.5, 0.6) is 0 Å². The lowest BCUT2D eigenvalue weighted by atomic mass is 9.47. The highest BCUT2D eigenvalue weighted by Crippen LogP contribution is 2.67. The summed E-state index contributed by atoms with van der Waals surface area (Å²) in [6.07, 6.45) is 0.706. The second-order valence-corrected chi connectivity index (χ2v) is 14.6. The molecule has 4 fully saturated rings. The molecule has 0 aromatic carbocycles. The highest BCUT2D eigenvalue weighted by atomic mass is 19.4. The topological polar surface area (TPSA) is 38.7 Å². The molecule has 236 valence electrons. The van der Waals surface area contributed by atoms with Crippen LogP contribution in [0.1, 0.15) is 104 Å². The van der Waals surface area contributed by atoms with E-state index >= 15 is 0 Å². The molecule has 0 amide bonds. The quantitative estimate of drug-likeness (QED) is 0.237. The molecule has 3 saturated carbocycles. The molecular formula is C32H48F6O3. The van der Waals surface area contributed by atoms with E-state index in [1.165, 1.54) is 0 Å². The van der Waals surface area contributed by atoms with Crippen molar-refractivity contribution in [3.63, 3.8) is 0 Å². The summed E-state index contributed by atoms with van der Waals surface area (Å²) in [6, 6.07) is 0. The highest BCUT2D eigenvalue weighted by molar-refractivity contribution is 5.25. The van der Waals surface area contributed by atoms with Gasteiger partial charge in [-0.25, -0.2) is 0 Å². The molecule has 1 saturated heterocycles. The first-order valence-electron chi connectivity index (χ1n) is 15.9. The summed E-state index contributed by atoms with van der Waals surface area (Å²) in [4.78, 5) is 0. The van der Waals surface area contributed by atoms with Gasteiger partial charge >= 0.3 is 12.4 Å². The lowest BCUT2D eigenvalue weighted by molar-refractivity contribution is -0.370.